The fourth-order valence-electron chi connectivity index (χ4n) is 3.59. The first-order valence-corrected chi connectivity index (χ1v) is 10.0. The topological polar surface area (TPSA) is 88.9 Å². The number of nitrogens with zero attached hydrogens (tertiary/aromatic N) is 1. The Hall–Kier alpha value is -2.83. The minimum absolute atomic E-state index is 0.191. The second kappa shape index (κ2) is 8.68. The smallest absolute Gasteiger partial charge is 0.339 e. The summed E-state index contributed by atoms with van der Waals surface area (Å²) in [5.41, 5.74) is 2.28. The van der Waals surface area contributed by atoms with Crippen molar-refractivity contribution in [2.24, 2.45) is 0 Å². The minimum atomic E-state index is -0.708. The lowest BCUT2D eigenvalue weighted by Gasteiger charge is -2.19. The minimum Gasteiger partial charge on any atom is -0.480 e. The number of hydrogen-bond acceptors (Lipinski definition) is 5. The lowest BCUT2D eigenvalue weighted by atomic mass is 10.0. The van der Waals surface area contributed by atoms with Crippen LogP contribution in [0.2, 0.25) is 0 Å². The first-order valence-electron chi connectivity index (χ1n) is 10.0. The molecule has 7 nitrogen and oxygen atoms in total. The van der Waals surface area contributed by atoms with Crippen molar-refractivity contribution in [3.63, 3.8) is 0 Å². The lowest BCUT2D eigenvalue weighted by Crippen LogP contribution is -2.38. The quantitative estimate of drug-likeness (QED) is 0.570. The number of likely N-dealkylation sites (tertiary alicyclic amines) is 1. The molecule has 3 rings (SSSR count). The van der Waals surface area contributed by atoms with Gasteiger partial charge in [0, 0.05) is 31.6 Å². The van der Waals surface area contributed by atoms with Gasteiger partial charge >= 0.3 is 5.63 Å². The van der Waals surface area contributed by atoms with E-state index < -0.39 is 6.10 Å². The van der Waals surface area contributed by atoms with Crippen molar-refractivity contribution in [3.05, 3.63) is 39.2 Å². The maximum absolute atomic E-state index is 12.4. The fraction of sp³-hybridized carbons (Fsp3) is 0.500. The Morgan fingerprint density at radius 2 is 2.00 bits per heavy atom. The van der Waals surface area contributed by atoms with Crippen LogP contribution in [0.1, 0.15) is 42.9 Å². The molecular weight excluding hydrogens is 372 g/mol. The van der Waals surface area contributed by atoms with Gasteiger partial charge in [0.25, 0.3) is 5.91 Å². The Kier molecular flexibility index (Phi) is 6.25. The highest BCUT2D eigenvalue weighted by Gasteiger charge is 2.21. The summed E-state index contributed by atoms with van der Waals surface area (Å²) >= 11 is 0. The highest BCUT2D eigenvalue weighted by molar-refractivity contribution is 5.89. The Bertz CT molecular complexity index is 995. The molecule has 2 amide bonds. The molecule has 0 unspecified atom stereocenters. The number of rotatable bonds is 7. The Balaban J connectivity index is 1.65. The monoisotopic (exact) mass is 400 g/mol. The van der Waals surface area contributed by atoms with E-state index in [1.165, 1.54) is 0 Å². The Morgan fingerprint density at radius 3 is 2.69 bits per heavy atom. The molecule has 1 fully saturated rings. The third-order valence-electron chi connectivity index (χ3n) is 5.41. The number of benzene rings is 1. The van der Waals surface area contributed by atoms with Crippen LogP contribution < -0.4 is 15.7 Å². The van der Waals surface area contributed by atoms with Crippen molar-refractivity contribution < 1.29 is 18.7 Å². The first kappa shape index (κ1) is 20.9. The van der Waals surface area contributed by atoms with Crippen LogP contribution in [0.15, 0.2) is 21.3 Å². The maximum atomic E-state index is 12.4. The third-order valence-corrected chi connectivity index (χ3v) is 5.41. The average Bonchev–Trinajstić information content (AvgIpc) is 3.07. The molecule has 1 atom stereocenters. The van der Waals surface area contributed by atoms with Gasteiger partial charge in [-0.2, -0.15) is 0 Å². The van der Waals surface area contributed by atoms with Crippen LogP contribution in [0, 0.1) is 20.8 Å². The van der Waals surface area contributed by atoms with Crippen LogP contribution in [0.5, 0.6) is 5.75 Å². The van der Waals surface area contributed by atoms with Gasteiger partial charge in [-0.25, -0.2) is 4.79 Å². The molecule has 156 valence electrons. The summed E-state index contributed by atoms with van der Waals surface area (Å²) in [6, 6.07) is 3.64. The standard InChI is InChI=1S/C22H28N2O5/c1-13-11-17(20-14(2)15(3)22(27)29-18(20)12-13)28-16(4)21(26)23-8-6-10-24-9-5-7-19(24)25/h11-12,16H,5-10H2,1-4H3,(H,23,26)/t16-/m0/s1. The molecule has 1 aliphatic rings. The SMILES string of the molecule is Cc1cc(O[C@@H](C)C(=O)NCCCN2CCCC2=O)c2c(C)c(C)c(=O)oc2c1. The Labute approximate surface area is 170 Å². The number of fused-ring (bicyclic) bond motifs is 1. The van der Waals surface area contributed by atoms with Gasteiger partial charge in [0.2, 0.25) is 5.91 Å². The van der Waals surface area contributed by atoms with Gasteiger partial charge in [-0.3, -0.25) is 9.59 Å². The number of carbonyl (C=O) groups is 2. The summed E-state index contributed by atoms with van der Waals surface area (Å²) in [6.07, 6.45) is 1.54. The lowest BCUT2D eigenvalue weighted by molar-refractivity contribution is -0.127. The van der Waals surface area contributed by atoms with Gasteiger partial charge in [0.15, 0.2) is 6.10 Å². The molecule has 0 spiro atoms. The van der Waals surface area contributed by atoms with E-state index in [1.807, 2.05) is 24.8 Å². The number of amides is 2. The third kappa shape index (κ3) is 4.60. The van der Waals surface area contributed by atoms with Crippen LogP contribution in [0.4, 0.5) is 0 Å². The van der Waals surface area contributed by atoms with Crippen molar-refractivity contribution in [2.45, 2.75) is 53.1 Å². The second-order valence-corrected chi connectivity index (χ2v) is 7.66. The molecule has 0 bridgehead atoms. The van der Waals surface area contributed by atoms with E-state index in [2.05, 4.69) is 5.32 Å². The molecule has 2 heterocycles. The molecule has 29 heavy (non-hydrogen) atoms. The van der Waals surface area contributed by atoms with Gasteiger partial charge in [-0.05, 0) is 63.8 Å². The highest BCUT2D eigenvalue weighted by atomic mass is 16.5. The van der Waals surface area contributed by atoms with E-state index in [9.17, 15) is 14.4 Å². The number of aryl methyl sites for hydroxylation is 2. The molecule has 2 aromatic rings. The van der Waals surface area contributed by atoms with Crippen molar-refractivity contribution >= 4 is 22.8 Å². The number of carbonyl (C=O) groups excluding carboxylic acids is 2. The molecule has 0 aliphatic carbocycles. The highest BCUT2D eigenvalue weighted by Crippen LogP contribution is 2.31. The van der Waals surface area contributed by atoms with Crippen molar-refractivity contribution in [1.29, 1.82) is 0 Å². The molecule has 1 aromatic carbocycles. The zero-order chi connectivity index (χ0) is 21.1. The molecule has 1 saturated heterocycles. The van der Waals surface area contributed by atoms with E-state index in [0.717, 1.165) is 24.1 Å². The van der Waals surface area contributed by atoms with E-state index in [4.69, 9.17) is 9.15 Å². The maximum Gasteiger partial charge on any atom is 0.339 e. The van der Waals surface area contributed by atoms with Gasteiger partial charge in [0.1, 0.15) is 11.3 Å². The Morgan fingerprint density at radius 1 is 1.24 bits per heavy atom. The number of hydrogen-bond donors (Lipinski definition) is 1. The summed E-state index contributed by atoms with van der Waals surface area (Å²) in [7, 11) is 0. The fourth-order valence-corrected chi connectivity index (χ4v) is 3.59. The summed E-state index contributed by atoms with van der Waals surface area (Å²) in [4.78, 5) is 37.9. The van der Waals surface area contributed by atoms with E-state index in [0.29, 0.717) is 48.2 Å². The van der Waals surface area contributed by atoms with Gasteiger partial charge in [-0.15, -0.1) is 0 Å². The second-order valence-electron chi connectivity index (χ2n) is 7.66. The molecule has 1 aliphatic heterocycles. The van der Waals surface area contributed by atoms with Gasteiger partial charge < -0.3 is 19.4 Å². The predicted octanol–water partition coefficient (Wildman–Crippen LogP) is 2.61. The van der Waals surface area contributed by atoms with E-state index >= 15 is 0 Å². The van der Waals surface area contributed by atoms with E-state index in [1.54, 1.807) is 19.9 Å². The summed E-state index contributed by atoms with van der Waals surface area (Å²) in [5.74, 6) is 0.491. The van der Waals surface area contributed by atoms with Gasteiger partial charge in [0.05, 0.1) is 5.39 Å². The van der Waals surface area contributed by atoms with Crippen molar-refractivity contribution in [2.75, 3.05) is 19.6 Å². The normalized spacial score (nSPS) is 15.0. The molecular formula is C22H28N2O5. The summed E-state index contributed by atoms with van der Waals surface area (Å²) < 4.78 is 11.4. The predicted molar refractivity (Wildman–Crippen MR) is 110 cm³/mol. The van der Waals surface area contributed by atoms with Crippen LogP contribution in [-0.2, 0) is 9.59 Å². The summed E-state index contributed by atoms with van der Waals surface area (Å²) in [6.45, 7) is 9.08. The van der Waals surface area contributed by atoms with Crippen molar-refractivity contribution in [1.82, 2.24) is 10.2 Å². The van der Waals surface area contributed by atoms with Crippen LogP contribution >= 0.6 is 0 Å². The van der Waals surface area contributed by atoms with Crippen molar-refractivity contribution in [3.8, 4) is 5.75 Å². The van der Waals surface area contributed by atoms with E-state index in [-0.39, 0.29) is 17.4 Å². The first-order chi connectivity index (χ1) is 13.8. The molecule has 0 radical (unpaired) electrons. The average molecular weight is 400 g/mol. The summed E-state index contributed by atoms with van der Waals surface area (Å²) in [5, 5.41) is 3.57. The molecule has 7 heteroatoms. The largest absolute Gasteiger partial charge is 0.480 e. The number of nitrogens with one attached hydrogen (secondary N) is 1. The zero-order valence-electron chi connectivity index (χ0n) is 17.5. The van der Waals surface area contributed by atoms with Gasteiger partial charge in [-0.1, -0.05) is 0 Å². The molecule has 1 N–H and O–H groups in total. The van der Waals surface area contributed by atoms with Crippen LogP contribution in [0.3, 0.4) is 0 Å². The zero-order valence-corrected chi connectivity index (χ0v) is 17.5. The molecule has 0 saturated carbocycles. The van der Waals surface area contributed by atoms with Crippen LogP contribution in [-0.4, -0.2) is 42.5 Å². The molecule has 1 aromatic heterocycles. The number of ether oxygens (including phenoxy) is 1. The van der Waals surface area contributed by atoms with Crippen LogP contribution in [0.25, 0.3) is 11.0 Å².